The van der Waals surface area contributed by atoms with Crippen molar-refractivity contribution in [1.82, 2.24) is 4.31 Å². The van der Waals surface area contributed by atoms with E-state index in [9.17, 15) is 26.4 Å². The number of alkyl halides is 3. The lowest BCUT2D eigenvalue weighted by Gasteiger charge is -2.33. The minimum Gasteiger partial charge on any atom is -0.481 e. The highest BCUT2D eigenvalue weighted by atomic mass is 32.2. The van der Waals surface area contributed by atoms with Gasteiger partial charge in [0, 0.05) is 13.1 Å². The summed E-state index contributed by atoms with van der Waals surface area (Å²) in [7, 11) is -3.82. The van der Waals surface area contributed by atoms with Gasteiger partial charge < -0.3 is 9.84 Å². The topological polar surface area (TPSA) is 83.9 Å². The number of carbonyl (C=O) groups is 1. The maximum absolute atomic E-state index is 12.0. The molecule has 0 aromatic rings. The second kappa shape index (κ2) is 6.93. The van der Waals surface area contributed by atoms with Gasteiger partial charge in [-0.15, -0.1) is 0 Å². The minimum atomic E-state index is -4.50. The molecule has 124 valence electrons. The van der Waals surface area contributed by atoms with E-state index in [0.717, 1.165) is 4.31 Å². The van der Waals surface area contributed by atoms with E-state index in [1.54, 1.807) is 6.92 Å². The Kier molecular flexibility index (Phi) is 6.00. The van der Waals surface area contributed by atoms with Crippen molar-refractivity contribution in [3.05, 3.63) is 0 Å². The monoisotopic (exact) mass is 333 g/mol. The lowest BCUT2D eigenvalue weighted by Crippen LogP contribution is -2.46. The smallest absolute Gasteiger partial charge is 0.411 e. The number of piperidine rings is 1. The summed E-state index contributed by atoms with van der Waals surface area (Å²) < 4.78 is 64.9. The zero-order chi connectivity index (χ0) is 16.3. The van der Waals surface area contributed by atoms with Crippen LogP contribution in [-0.2, 0) is 19.6 Å². The van der Waals surface area contributed by atoms with Crippen molar-refractivity contribution in [2.75, 3.05) is 32.1 Å². The first-order valence-corrected chi connectivity index (χ1v) is 7.97. The Bertz CT molecular complexity index is 465. The molecule has 0 saturated carbocycles. The van der Waals surface area contributed by atoms with Crippen LogP contribution < -0.4 is 0 Å². The molecule has 1 fully saturated rings. The van der Waals surface area contributed by atoms with E-state index in [-0.39, 0.29) is 19.0 Å². The molecule has 6 nitrogen and oxygen atoms in total. The third kappa shape index (κ3) is 6.18. The summed E-state index contributed by atoms with van der Waals surface area (Å²) in [5.41, 5.74) is 0. The fourth-order valence-corrected chi connectivity index (χ4v) is 3.67. The molecule has 0 amide bonds. The Balaban J connectivity index is 2.55. The van der Waals surface area contributed by atoms with Crippen molar-refractivity contribution in [3.63, 3.8) is 0 Å². The summed E-state index contributed by atoms with van der Waals surface area (Å²) in [6, 6.07) is 0. The van der Waals surface area contributed by atoms with E-state index in [0.29, 0.717) is 6.42 Å². The van der Waals surface area contributed by atoms with Crippen LogP contribution in [0, 0.1) is 11.8 Å². The van der Waals surface area contributed by atoms with Gasteiger partial charge in [-0.05, 0) is 12.3 Å². The highest BCUT2D eigenvalue weighted by Gasteiger charge is 2.35. The predicted octanol–water partition coefficient (Wildman–Crippen LogP) is 0.938. The van der Waals surface area contributed by atoms with Gasteiger partial charge in [0.25, 0.3) is 0 Å². The lowest BCUT2D eigenvalue weighted by molar-refractivity contribution is -0.172. The van der Waals surface area contributed by atoms with Crippen molar-refractivity contribution in [2.24, 2.45) is 11.8 Å². The Hall–Kier alpha value is -0.870. The third-order valence-electron chi connectivity index (χ3n) is 3.12. The maximum Gasteiger partial charge on any atom is 0.411 e. The number of carboxylic acid groups (broad SMARTS) is 1. The number of rotatable bonds is 6. The molecule has 0 aromatic heterocycles. The summed E-state index contributed by atoms with van der Waals surface area (Å²) in [6.07, 6.45) is -4.12. The molecule has 0 radical (unpaired) electrons. The molecule has 1 aliphatic rings. The second-order valence-electron chi connectivity index (χ2n) is 5.18. The van der Waals surface area contributed by atoms with E-state index in [2.05, 4.69) is 4.74 Å². The van der Waals surface area contributed by atoms with Crippen LogP contribution in [0.25, 0.3) is 0 Å². The molecule has 1 aliphatic heterocycles. The number of ether oxygens (including phenoxy) is 1. The molecule has 1 saturated heterocycles. The van der Waals surface area contributed by atoms with Crippen LogP contribution in [0.4, 0.5) is 13.2 Å². The van der Waals surface area contributed by atoms with Gasteiger partial charge in [-0.2, -0.15) is 13.2 Å². The third-order valence-corrected chi connectivity index (χ3v) is 4.89. The normalized spacial score (nSPS) is 25.0. The van der Waals surface area contributed by atoms with Gasteiger partial charge in [0.2, 0.25) is 10.0 Å². The summed E-state index contributed by atoms with van der Waals surface area (Å²) in [4.78, 5) is 11.0. The summed E-state index contributed by atoms with van der Waals surface area (Å²) in [6.45, 7) is -0.328. The second-order valence-corrected chi connectivity index (χ2v) is 7.27. The van der Waals surface area contributed by atoms with Gasteiger partial charge in [0.15, 0.2) is 0 Å². The summed E-state index contributed by atoms with van der Waals surface area (Å²) in [5.74, 6) is -2.58. The van der Waals surface area contributed by atoms with Crippen LogP contribution >= 0.6 is 0 Å². The Morgan fingerprint density at radius 3 is 2.52 bits per heavy atom. The first-order valence-electron chi connectivity index (χ1n) is 6.36. The van der Waals surface area contributed by atoms with Gasteiger partial charge in [-0.25, -0.2) is 12.7 Å². The number of aliphatic carboxylic acids is 1. The van der Waals surface area contributed by atoms with Crippen LogP contribution in [-0.4, -0.2) is 62.0 Å². The van der Waals surface area contributed by atoms with Gasteiger partial charge in [0.1, 0.15) is 6.61 Å². The van der Waals surface area contributed by atoms with Gasteiger partial charge in [0.05, 0.1) is 18.3 Å². The van der Waals surface area contributed by atoms with E-state index in [1.165, 1.54) is 0 Å². The molecule has 0 spiro atoms. The number of halogens is 3. The molecule has 2 unspecified atom stereocenters. The summed E-state index contributed by atoms with van der Waals surface area (Å²) in [5, 5.41) is 8.97. The van der Waals surface area contributed by atoms with Crippen molar-refractivity contribution >= 4 is 16.0 Å². The van der Waals surface area contributed by atoms with E-state index < -0.39 is 47.1 Å². The SMILES string of the molecule is CC1CC(C(=O)O)CN(S(=O)(=O)CCOCC(F)(F)F)C1. The average Bonchev–Trinajstić information content (AvgIpc) is 2.33. The number of carboxylic acids is 1. The highest BCUT2D eigenvalue weighted by molar-refractivity contribution is 7.89. The molecular weight excluding hydrogens is 315 g/mol. The van der Waals surface area contributed by atoms with E-state index in [4.69, 9.17) is 5.11 Å². The van der Waals surface area contributed by atoms with Crippen molar-refractivity contribution in [3.8, 4) is 0 Å². The molecule has 1 heterocycles. The van der Waals surface area contributed by atoms with Crippen LogP contribution in [0.15, 0.2) is 0 Å². The average molecular weight is 333 g/mol. The van der Waals surface area contributed by atoms with Crippen molar-refractivity contribution in [1.29, 1.82) is 0 Å². The molecule has 1 N–H and O–H groups in total. The quantitative estimate of drug-likeness (QED) is 0.731. The largest absolute Gasteiger partial charge is 0.481 e. The standard InChI is InChI=1S/C11H18F3NO5S/c1-8-4-9(10(16)17)6-15(5-8)21(18,19)3-2-20-7-11(12,13)14/h8-9H,2-7H2,1H3,(H,16,17). The lowest BCUT2D eigenvalue weighted by atomic mass is 9.92. The predicted molar refractivity (Wildman–Crippen MR) is 67.1 cm³/mol. The minimum absolute atomic E-state index is 0.120. The van der Waals surface area contributed by atoms with Gasteiger partial charge in [-0.1, -0.05) is 6.92 Å². The fourth-order valence-electron chi connectivity index (χ4n) is 2.19. The van der Waals surface area contributed by atoms with Gasteiger partial charge >= 0.3 is 12.1 Å². The molecule has 21 heavy (non-hydrogen) atoms. The van der Waals surface area contributed by atoms with E-state index in [1.807, 2.05) is 0 Å². The van der Waals surface area contributed by atoms with E-state index >= 15 is 0 Å². The van der Waals surface area contributed by atoms with Crippen LogP contribution in [0.1, 0.15) is 13.3 Å². The Morgan fingerprint density at radius 2 is 2.00 bits per heavy atom. The van der Waals surface area contributed by atoms with Crippen LogP contribution in [0.2, 0.25) is 0 Å². The van der Waals surface area contributed by atoms with Gasteiger partial charge in [-0.3, -0.25) is 4.79 Å². The zero-order valence-electron chi connectivity index (χ0n) is 11.5. The maximum atomic E-state index is 12.0. The number of nitrogens with zero attached hydrogens (tertiary/aromatic N) is 1. The molecule has 10 heteroatoms. The first kappa shape index (κ1) is 18.2. The fraction of sp³-hybridized carbons (Fsp3) is 0.909. The summed E-state index contributed by atoms with van der Waals surface area (Å²) >= 11 is 0. The molecule has 2 atom stereocenters. The first-order chi connectivity index (χ1) is 9.51. The van der Waals surface area contributed by atoms with Crippen LogP contribution in [0.5, 0.6) is 0 Å². The molecule has 0 aromatic carbocycles. The molecular formula is C11H18F3NO5S. The van der Waals surface area contributed by atoms with Crippen molar-refractivity contribution < 1.29 is 36.2 Å². The number of hydrogen-bond donors (Lipinski definition) is 1. The van der Waals surface area contributed by atoms with Crippen LogP contribution in [0.3, 0.4) is 0 Å². The molecule has 0 aliphatic carbocycles. The van der Waals surface area contributed by atoms with Crippen molar-refractivity contribution in [2.45, 2.75) is 19.5 Å². The molecule has 1 rings (SSSR count). The number of hydrogen-bond acceptors (Lipinski definition) is 4. The molecule has 0 bridgehead atoms. The Morgan fingerprint density at radius 1 is 1.38 bits per heavy atom. The number of sulfonamides is 1. The Labute approximate surface area is 120 Å². The zero-order valence-corrected chi connectivity index (χ0v) is 12.3. The highest BCUT2D eigenvalue weighted by Crippen LogP contribution is 2.24.